The average molecular weight is 367 g/mol. The molecule has 98 valence electrons. The van der Waals surface area contributed by atoms with Crippen LogP contribution in [-0.2, 0) is 11.2 Å². The van der Waals surface area contributed by atoms with E-state index in [9.17, 15) is 4.79 Å². The molecule has 0 aromatic heterocycles. The zero-order valence-corrected chi connectivity index (χ0v) is 12.7. The molecule has 0 atom stereocenters. The zero-order chi connectivity index (χ0) is 13.7. The molecule has 2 rings (SSSR count). The molecule has 2 aromatic rings. The molecule has 1 amide bonds. The first-order valence-electron chi connectivity index (χ1n) is 5.86. The number of methoxy groups -OCH3 is 1. The van der Waals surface area contributed by atoms with E-state index in [-0.39, 0.29) is 5.91 Å². The van der Waals surface area contributed by atoms with Gasteiger partial charge < -0.3 is 10.1 Å². The molecule has 0 aliphatic carbocycles. The van der Waals surface area contributed by atoms with Gasteiger partial charge in [-0.2, -0.15) is 0 Å². The quantitative estimate of drug-likeness (QED) is 0.841. The van der Waals surface area contributed by atoms with Crippen LogP contribution >= 0.6 is 22.6 Å². The Hall–Kier alpha value is -1.56. The van der Waals surface area contributed by atoms with E-state index in [4.69, 9.17) is 4.74 Å². The number of carbonyl (C=O) groups is 1. The van der Waals surface area contributed by atoms with Gasteiger partial charge in [-0.15, -0.1) is 0 Å². The molecule has 3 nitrogen and oxygen atoms in total. The summed E-state index contributed by atoms with van der Waals surface area (Å²) in [6.45, 7) is 0. The first-order valence-corrected chi connectivity index (χ1v) is 6.93. The molecule has 0 spiro atoms. The first-order chi connectivity index (χ1) is 9.17. The highest BCUT2D eigenvalue weighted by Crippen LogP contribution is 2.15. The lowest BCUT2D eigenvalue weighted by Gasteiger charge is -2.06. The van der Waals surface area contributed by atoms with E-state index in [2.05, 4.69) is 27.9 Å². The smallest absolute Gasteiger partial charge is 0.228 e. The molecule has 0 radical (unpaired) electrons. The standard InChI is InChI=1S/C15H14INO2/c1-19-14-4-2-3-11(9-14)10-15(18)17-13-7-5-12(16)6-8-13/h2-9H,10H2,1H3,(H,17,18). The lowest BCUT2D eigenvalue weighted by Crippen LogP contribution is -2.14. The van der Waals surface area contributed by atoms with Crippen LogP contribution in [0.15, 0.2) is 48.5 Å². The van der Waals surface area contributed by atoms with E-state index < -0.39 is 0 Å². The Bertz CT molecular complexity index is 567. The normalized spacial score (nSPS) is 10.0. The van der Waals surface area contributed by atoms with Gasteiger partial charge in [0.25, 0.3) is 0 Å². The Kier molecular flexibility index (Phi) is 4.79. The molecule has 0 fully saturated rings. The molecule has 2 aromatic carbocycles. The molecular formula is C15H14INO2. The number of benzene rings is 2. The van der Waals surface area contributed by atoms with Crippen LogP contribution < -0.4 is 10.1 Å². The predicted molar refractivity (Wildman–Crippen MR) is 84.5 cm³/mol. The minimum atomic E-state index is -0.0329. The highest BCUT2D eigenvalue weighted by atomic mass is 127. The molecule has 0 aliphatic heterocycles. The third kappa shape index (κ3) is 4.24. The van der Waals surface area contributed by atoms with Crippen LogP contribution in [-0.4, -0.2) is 13.0 Å². The fourth-order valence-electron chi connectivity index (χ4n) is 1.71. The van der Waals surface area contributed by atoms with E-state index in [0.29, 0.717) is 6.42 Å². The van der Waals surface area contributed by atoms with Gasteiger partial charge in [0.1, 0.15) is 5.75 Å². The van der Waals surface area contributed by atoms with Gasteiger partial charge in [-0.3, -0.25) is 4.79 Å². The van der Waals surface area contributed by atoms with E-state index in [0.717, 1.165) is 20.6 Å². The molecule has 0 heterocycles. The Balaban J connectivity index is 1.99. The number of anilines is 1. The summed E-state index contributed by atoms with van der Waals surface area (Å²) < 4.78 is 6.28. The number of hydrogen-bond acceptors (Lipinski definition) is 2. The number of nitrogens with one attached hydrogen (secondary N) is 1. The highest BCUT2D eigenvalue weighted by molar-refractivity contribution is 14.1. The molecule has 19 heavy (non-hydrogen) atoms. The van der Waals surface area contributed by atoms with Crippen molar-refractivity contribution in [3.8, 4) is 5.75 Å². The molecule has 4 heteroatoms. The van der Waals surface area contributed by atoms with Gasteiger partial charge in [0.05, 0.1) is 13.5 Å². The van der Waals surface area contributed by atoms with Gasteiger partial charge in [-0.1, -0.05) is 12.1 Å². The fourth-order valence-corrected chi connectivity index (χ4v) is 2.07. The van der Waals surface area contributed by atoms with Crippen molar-refractivity contribution in [3.63, 3.8) is 0 Å². The van der Waals surface area contributed by atoms with Crippen molar-refractivity contribution < 1.29 is 9.53 Å². The van der Waals surface area contributed by atoms with Crippen LogP contribution in [0.2, 0.25) is 0 Å². The summed E-state index contributed by atoms with van der Waals surface area (Å²) in [5.74, 6) is 0.731. The van der Waals surface area contributed by atoms with E-state index in [1.54, 1.807) is 7.11 Å². The third-order valence-electron chi connectivity index (χ3n) is 2.63. The van der Waals surface area contributed by atoms with Crippen molar-refractivity contribution in [2.75, 3.05) is 12.4 Å². The maximum absolute atomic E-state index is 11.9. The van der Waals surface area contributed by atoms with E-state index >= 15 is 0 Å². The number of amides is 1. The molecule has 0 bridgehead atoms. The highest BCUT2D eigenvalue weighted by Gasteiger charge is 2.05. The van der Waals surface area contributed by atoms with Crippen molar-refractivity contribution in [3.05, 3.63) is 57.7 Å². The second-order valence-electron chi connectivity index (χ2n) is 4.08. The minimum absolute atomic E-state index is 0.0329. The maximum Gasteiger partial charge on any atom is 0.228 e. The Morgan fingerprint density at radius 2 is 1.95 bits per heavy atom. The number of halogens is 1. The molecule has 0 unspecified atom stereocenters. The van der Waals surface area contributed by atoms with Crippen LogP contribution in [0, 0.1) is 3.57 Å². The summed E-state index contributed by atoms with van der Waals surface area (Å²) >= 11 is 2.23. The van der Waals surface area contributed by atoms with Crippen LogP contribution in [0.1, 0.15) is 5.56 Å². The van der Waals surface area contributed by atoms with Crippen LogP contribution in [0.25, 0.3) is 0 Å². The Labute approximate surface area is 126 Å². The second-order valence-corrected chi connectivity index (χ2v) is 5.33. The van der Waals surface area contributed by atoms with E-state index in [1.165, 1.54) is 0 Å². The molecule has 0 saturated heterocycles. The number of rotatable bonds is 4. The molecule has 0 saturated carbocycles. The second kappa shape index (κ2) is 6.56. The molecular weight excluding hydrogens is 353 g/mol. The topological polar surface area (TPSA) is 38.3 Å². The van der Waals surface area contributed by atoms with Gasteiger partial charge >= 0.3 is 0 Å². The molecule has 1 N–H and O–H groups in total. The van der Waals surface area contributed by atoms with Crippen molar-refractivity contribution >= 4 is 34.2 Å². The van der Waals surface area contributed by atoms with Gasteiger partial charge in [-0.25, -0.2) is 0 Å². The summed E-state index contributed by atoms with van der Waals surface area (Å²) in [5.41, 5.74) is 1.75. The number of carbonyl (C=O) groups excluding carboxylic acids is 1. The van der Waals surface area contributed by atoms with Gasteiger partial charge in [-0.05, 0) is 64.6 Å². The fraction of sp³-hybridized carbons (Fsp3) is 0.133. The summed E-state index contributed by atoms with van der Waals surface area (Å²) in [6, 6.07) is 15.2. The van der Waals surface area contributed by atoms with Crippen molar-refractivity contribution in [2.24, 2.45) is 0 Å². The van der Waals surface area contributed by atoms with Crippen molar-refractivity contribution in [2.45, 2.75) is 6.42 Å². The number of ether oxygens (including phenoxy) is 1. The van der Waals surface area contributed by atoms with Crippen molar-refractivity contribution in [1.82, 2.24) is 0 Å². The largest absolute Gasteiger partial charge is 0.497 e. The van der Waals surface area contributed by atoms with Crippen LogP contribution in [0.4, 0.5) is 5.69 Å². The lowest BCUT2D eigenvalue weighted by atomic mass is 10.1. The summed E-state index contributed by atoms with van der Waals surface area (Å²) in [4.78, 5) is 11.9. The number of hydrogen-bond donors (Lipinski definition) is 1. The minimum Gasteiger partial charge on any atom is -0.497 e. The third-order valence-corrected chi connectivity index (χ3v) is 3.35. The predicted octanol–water partition coefficient (Wildman–Crippen LogP) is 3.48. The summed E-state index contributed by atoms with van der Waals surface area (Å²) in [6.07, 6.45) is 0.336. The van der Waals surface area contributed by atoms with Crippen molar-refractivity contribution in [1.29, 1.82) is 0 Å². The maximum atomic E-state index is 11.9. The first kappa shape index (κ1) is 13.9. The lowest BCUT2D eigenvalue weighted by molar-refractivity contribution is -0.115. The van der Waals surface area contributed by atoms with Crippen LogP contribution in [0.5, 0.6) is 5.75 Å². The van der Waals surface area contributed by atoms with E-state index in [1.807, 2.05) is 48.5 Å². The summed E-state index contributed by atoms with van der Waals surface area (Å²) in [5, 5.41) is 2.87. The Morgan fingerprint density at radius 3 is 2.63 bits per heavy atom. The van der Waals surface area contributed by atoms with Gasteiger partial charge in [0.15, 0.2) is 0 Å². The van der Waals surface area contributed by atoms with Gasteiger partial charge in [0, 0.05) is 9.26 Å². The zero-order valence-electron chi connectivity index (χ0n) is 10.5. The van der Waals surface area contributed by atoms with Gasteiger partial charge in [0.2, 0.25) is 5.91 Å². The average Bonchev–Trinajstić information content (AvgIpc) is 2.41. The summed E-state index contributed by atoms with van der Waals surface area (Å²) in [7, 11) is 1.62. The SMILES string of the molecule is COc1cccc(CC(=O)Nc2ccc(I)cc2)c1. The molecule has 0 aliphatic rings. The van der Waals surface area contributed by atoms with Crippen LogP contribution in [0.3, 0.4) is 0 Å². The monoisotopic (exact) mass is 367 g/mol. The Morgan fingerprint density at radius 1 is 1.21 bits per heavy atom.